The summed E-state index contributed by atoms with van der Waals surface area (Å²) in [5.74, 6) is 2.25. The van der Waals surface area contributed by atoms with Crippen molar-refractivity contribution in [2.75, 3.05) is 42.3 Å². The van der Waals surface area contributed by atoms with Crippen LogP contribution in [0.15, 0.2) is 48.8 Å². The molecule has 0 unspecified atom stereocenters. The number of aryl methyl sites for hydroxylation is 2. The summed E-state index contributed by atoms with van der Waals surface area (Å²) < 4.78 is 11.7. The normalized spacial score (nSPS) is 15.4. The second-order valence-electron chi connectivity index (χ2n) is 7.59. The highest BCUT2D eigenvalue weighted by Crippen LogP contribution is 2.37. The second kappa shape index (κ2) is 8.20. The van der Waals surface area contributed by atoms with Crippen molar-refractivity contribution in [3.05, 3.63) is 65.5 Å². The standard InChI is InChI=1S/C23H25N5O2/c24-22-6-4-17(14-26-22)2-1-16-3-5-21-19(13-16)27-23-18(15-30-21)20(7-8-25-23)28-9-11-29-12-10-28/h3-8,13-14H,1-2,9-12,15H2,(H2,24,26)(H,25,27). The SMILES string of the molecule is Nc1ccc(CCc2ccc3c(c2)Nc2nccc(N4CCOCC4)c2CO3)cn1. The minimum absolute atomic E-state index is 0.492. The molecule has 4 heterocycles. The summed E-state index contributed by atoms with van der Waals surface area (Å²) >= 11 is 0. The molecule has 2 aliphatic rings. The molecule has 0 atom stereocenters. The molecule has 7 heteroatoms. The average molecular weight is 403 g/mol. The zero-order valence-corrected chi connectivity index (χ0v) is 16.8. The number of nitrogen functional groups attached to an aromatic ring is 1. The number of nitrogens with two attached hydrogens (primary N) is 1. The molecule has 30 heavy (non-hydrogen) atoms. The fourth-order valence-electron chi connectivity index (χ4n) is 3.94. The van der Waals surface area contributed by atoms with Gasteiger partial charge in [-0.2, -0.15) is 0 Å². The van der Waals surface area contributed by atoms with Crippen LogP contribution in [0.2, 0.25) is 0 Å². The van der Waals surface area contributed by atoms with Gasteiger partial charge in [0.05, 0.1) is 24.5 Å². The quantitative estimate of drug-likeness (QED) is 0.691. The van der Waals surface area contributed by atoms with E-state index in [9.17, 15) is 0 Å². The number of hydrogen-bond donors (Lipinski definition) is 2. The third-order valence-electron chi connectivity index (χ3n) is 5.60. The van der Waals surface area contributed by atoms with Gasteiger partial charge in [-0.3, -0.25) is 0 Å². The molecule has 154 valence electrons. The third-order valence-corrected chi connectivity index (χ3v) is 5.60. The predicted octanol–water partition coefficient (Wildman–Crippen LogP) is 3.32. The fraction of sp³-hybridized carbons (Fsp3) is 0.304. The highest BCUT2D eigenvalue weighted by Gasteiger charge is 2.22. The molecule has 1 fully saturated rings. The van der Waals surface area contributed by atoms with Gasteiger partial charge in [-0.1, -0.05) is 12.1 Å². The first-order chi connectivity index (χ1) is 14.8. The van der Waals surface area contributed by atoms with Crippen LogP contribution in [0.3, 0.4) is 0 Å². The molecular weight excluding hydrogens is 378 g/mol. The van der Waals surface area contributed by atoms with Gasteiger partial charge < -0.3 is 25.4 Å². The molecule has 0 amide bonds. The van der Waals surface area contributed by atoms with Crippen LogP contribution in [-0.4, -0.2) is 36.3 Å². The Bertz CT molecular complexity index is 1030. The molecular formula is C23H25N5O2. The zero-order valence-electron chi connectivity index (χ0n) is 16.8. The van der Waals surface area contributed by atoms with Crippen LogP contribution in [0.25, 0.3) is 0 Å². The number of nitrogens with zero attached hydrogens (tertiary/aromatic N) is 3. The topological polar surface area (TPSA) is 85.5 Å². The van der Waals surface area contributed by atoms with E-state index in [1.165, 1.54) is 16.8 Å². The molecule has 2 aliphatic heterocycles. The summed E-state index contributed by atoms with van der Waals surface area (Å²) in [6.07, 6.45) is 5.52. The van der Waals surface area contributed by atoms with E-state index in [4.69, 9.17) is 15.2 Å². The van der Waals surface area contributed by atoms with E-state index in [0.29, 0.717) is 12.4 Å². The van der Waals surface area contributed by atoms with E-state index in [1.807, 2.05) is 30.6 Å². The van der Waals surface area contributed by atoms with Gasteiger partial charge in [0.1, 0.15) is 24.0 Å². The molecule has 1 saturated heterocycles. The van der Waals surface area contributed by atoms with Crippen LogP contribution >= 0.6 is 0 Å². The molecule has 5 rings (SSSR count). The van der Waals surface area contributed by atoms with Crippen molar-refractivity contribution in [2.45, 2.75) is 19.4 Å². The van der Waals surface area contributed by atoms with E-state index in [0.717, 1.165) is 62.0 Å². The van der Waals surface area contributed by atoms with Crippen LogP contribution < -0.4 is 20.7 Å². The number of pyridine rings is 2. The van der Waals surface area contributed by atoms with E-state index in [1.54, 1.807) is 0 Å². The number of morpholine rings is 1. The molecule has 0 radical (unpaired) electrons. The van der Waals surface area contributed by atoms with Gasteiger partial charge in [0.2, 0.25) is 0 Å². The molecule has 0 spiro atoms. The van der Waals surface area contributed by atoms with E-state index < -0.39 is 0 Å². The lowest BCUT2D eigenvalue weighted by atomic mass is 10.0. The number of nitrogens with one attached hydrogen (secondary N) is 1. The Morgan fingerprint density at radius 3 is 2.67 bits per heavy atom. The second-order valence-corrected chi connectivity index (χ2v) is 7.59. The van der Waals surface area contributed by atoms with Crippen molar-refractivity contribution in [1.29, 1.82) is 0 Å². The minimum atomic E-state index is 0.492. The lowest BCUT2D eigenvalue weighted by Gasteiger charge is -2.30. The lowest BCUT2D eigenvalue weighted by Crippen LogP contribution is -2.37. The monoisotopic (exact) mass is 403 g/mol. The summed E-state index contributed by atoms with van der Waals surface area (Å²) in [6.45, 7) is 3.75. The molecule has 0 saturated carbocycles. The van der Waals surface area contributed by atoms with Crippen molar-refractivity contribution < 1.29 is 9.47 Å². The maximum Gasteiger partial charge on any atom is 0.143 e. The number of fused-ring (bicyclic) bond motifs is 2. The first-order valence-electron chi connectivity index (χ1n) is 10.3. The third kappa shape index (κ3) is 3.89. The maximum absolute atomic E-state index is 6.15. The number of ether oxygens (including phenoxy) is 2. The Morgan fingerprint density at radius 1 is 1.00 bits per heavy atom. The Kier molecular flexibility index (Phi) is 5.11. The van der Waals surface area contributed by atoms with Crippen LogP contribution in [0, 0.1) is 0 Å². The summed E-state index contributed by atoms with van der Waals surface area (Å²) in [5.41, 5.74) is 11.3. The number of benzene rings is 1. The summed E-state index contributed by atoms with van der Waals surface area (Å²) in [4.78, 5) is 11.1. The first kappa shape index (κ1) is 18.7. The largest absolute Gasteiger partial charge is 0.487 e. The van der Waals surface area contributed by atoms with Gasteiger partial charge in [-0.15, -0.1) is 0 Å². The molecule has 2 aromatic heterocycles. The highest BCUT2D eigenvalue weighted by atomic mass is 16.5. The fourth-order valence-corrected chi connectivity index (χ4v) is 3.94. The zero-order chi connectivity index (χ0) is 20.3. The first-order valence-corrected chi connectivity index (χ1v) is 10.3. The van der Waals surface area contributed by atoms with Gasteiger partial charge in [0.15, 0.2) is 0 Å². The maximum atomic E-state index is 6.15. The Balaban J connectivity index is 1.36. The predicted molar refractivity (Wildman–Crippen MR) is 117 cm³/mol. The van der Waals surface area contributed by atoms with Gasteiger partial charge in [-0.25, -0.2) is 9.97 Å². The molecule has 3 N–H and O–H groups in total. The lowest BCUT2D eigenvalue weighted by molar-refractivity contribution is 0.122. The molecule has 0 bridgehead atoms. The number of anilines is 4. The van der Waals surface area contributed by atoms with E-state index >= 15 is 0 Å². The smallest absolute Gasteiger partial charge is 0.143 e. The molecule has 0 aliphatic carbocycles. The van der Waals surface area contributed by atoms with Crippen molar-refractivity contribution in [2.24, 2.45) is 0 Å². The Hall–Kier alpha value is -3.32. The highest BCUT2D eigenvalue weighted by molar-refractivity contribution is 5.73. The Labute approximate surface area is 175 Å². The van der Waals surface area contributed by atoms with Crippen LogP contribution in [-0.2, 0) is 24.2 Å². The van der Waals surface area contributed by atoms with Gasteiger partial charge in [-0.05, 0) is 48.2 Å². The van der Waals surface area contributed by atoms with Crippen LogP contribution in [0.4, 0.5) is 23.0 Å². The average Bonchev–Trinajstić information content (AvgIpc) is 2.98. The summed E-state index contributed by atoms with van der Waals surface area (Å²) in [6, 6.07) is 12.3. The number of aromatic nitrogens is 2. The molecule has 7 nitrogen and oxygen atoms in total. The molecule has 3 aromatic rings. The van der Waals surface area contributed by atoms with E-state index in [-0.39, 0.29) is 0 Å². The van der Waals surface area contributed by atoms with Crippen molar-refractivity contribution in [1.82, 2.24) is 9.97 Å². The van der Waals surface area contributed by atoms with Crippen molar-refractivity contribution in [3.63, 3.8) is 0 Å². The summed E-state index contributed by atoms with van der Waals surface area (Å²) in [5, 5.41) is 3.51. The Morgan fingerprint density at radius 2 is 1.83 bits per heavy atom. The van der Waals surface area contributed by atoms with Crippen LogP contribution in [0.5, 0.6) is 5.75 Å². The van der Waals surface area contributed by atoms with Gasteiger partial charge in [0.25, 0.3) is 0 Å². The van der Waals surface area contributed by atoms with Crippen LogP contribution in [0.1, 0.15) is 16.7 Å². The van der Waals surface area contributed by atoms with Gasteiger partial charge >= 0.3 is 0 Å². The van der Waals surface area contributed by atoms with E-state index in [2.05, 4.69) is 38.4 Å². The summed E-state index contributed by atoms with van der Waals surface area (Å²) in [7, 11) is 0. The van der Waals surface area contributed by atoms with Crippen molar-refractivity contribution >= 4 is 23.0 Å². The molecule has 1 aromatic carbocycles. The van der Waals surface area contributed by atoms with Crippen molar-refractivity contribution in [3.8, 4) is 5.75 Å². The number of hydrogen-bond acceptors (Lipinski definition) is 7. The minimum Gasteiger partial charge on any atom is -0.487 e. The number of rotatable bonds is 4. The van der Waals surface area contributed by atoms with Gasteiger partial charge in [0, 0.05) is 31.2 Å².